The summed E-state index contributed by atoms with van der Waals surface area (Å²) in [5.41, 5.74) is 0.202. The topological polar surface area (TPSA) is 86.8 Å². The number of nitrogens with zero attached hydrogens (tertiary/aromatic N) is 2. The minimum atomic E-state index is -2.96. The summed E-state index contributed by atoms with van der Waals surface area (Å²) >= 11 is 0. The van der Waals surface area contributed by atoms with Crippen molar-refractivity contribution < 1.29 is 18.0 Å². The first-order valence-electron chi connectivity index (χ1n) is 11.1. The molecular formula is C21H35N3O4S. The van der Waals surface area contributed by atoms with E-state index in [-0.39, 0.29) is 29.5 Å². The van der Waals surface area contributed by atoms with Crippen molar-refractivity contribution >= 4 is 21.7 Å². The fourth-order valence-electron chi connectivity index (χ4n) is 6.71. The molecule has 5 rings (SSSR count). The van der Waals surface area contributed by atoms with Gasteiger partial charge in [0.05, 0.1) is 12.3 Å². The number of nitrogens with one attached hydrogen (secondary N) is 1. The Kier molecular flexibility index (Phi) is 5.95. The Morgan fingerprint density at radius 2 is 1.52 bits per heavy atom. The molecular weight excluding hydrogens is 390 g/mol. The number of hydrogen-bond donors (Lipinski definition) is 1. The number of piperazine rings is 1. The highest BCUT2D eigenvalue weighted by Crippen LogP contribution is 2.61. The van der Waals surface area contributed by atoms with Crippen LogP contribution in [-0.2, 0) is 19.4 Å². The van der Waals surface area contributed by atoms with Gasteiger partial charge in [0.2, 0.25) is 11.8 Å². The van der Waals surface area contributed by atoms with Gasteiger partial charge in [-0.3, -0.25) is 14.5 Å². The highest BCUT2D eigenvalue weighted by atomic mass is 32.2. The fraction of sp³-hybridized carbons (Fsp3) is 0.905. The minimum Gasteiger partial charge on any atom is -0.347 e. The largest absolute Gasteiger partial charge is 0.347 e. The van der Waals surface area contributed by atoms with Crippen LogP contribution in [-0.4, -0.2) is 81.3 Å². The Labute approximate surface area is 174 Å². The summed E-state index contributed by atoms with van der Waals surface area (Å²) in [6.07, 6.45) is 9.56. The minimum absolute atomic E-state index is 0.0343. The number of sulfone groups is 1. The Morgan fingerprint density at radius 1 is 0.966 bits per heavy atom. The molecule has 164 valence electrons. The predicted molar refractivity (Wildman–Crippen MR) is 111 cm³/mol. The van der Waals surface area contributed by atoms with Gasteiger partial charge in [0.1, 0.15) is 9.84 Å². The lowest BCUT2D eigenvalue weighted by atomic mass is 9.49. The maximum atomic E-state index is 12.6. The lowest BCUT2D eigenvalue weighted by Crippen LogP contribution is -2.52. The quantitative estimate of drug-likeness (QED) is 0.655. The van der Waals surface area contributed by atoms with Crippen molar-refractivity contribution in [1.29, 1.82) is 0 Å². The van der Waals surface area contributed by atoms with E-state index in [1.54, 1.807) is 4.90 Å². The van der Waals surface area contributed by atoms with E-state index >= 15 is 0 Å². The highest BCUT2D eigenvalue weighted by Gasteiger charge is 2.51. The number of hydrogen-bond acceptors (Lipinski definition) is 5. The molecule has 8 heteroatoms. The van der Waals surface area contributed by atoms with Crippen molar-refractivity contribution in [3.05, 3.63) is 0 Å². The molecule has 0 spiro atoms. The van der Waals surface area contributed by atoms with Crippen molar-refractivity contribution in [2.45, 2.75) is 44.9 Å². The molecule has 4 aliphatic carbocycles. The lowest BCUT2D eigenvalue weighted by Gasteiger charge is -2.56. The number of carbonyl (C=O) groups is 2. The molecule has 4 bridgehead atoms. The molecule has 4 saturated carbocycles. The summed E-state index contributed by atoms with van der Waals surface area (Å²) in [4.78, 5) is 28.9. The van der Waals surface area contributed by atoms with Crippen LogP contribution in [0.1, 0.15) is 44.9 Å². The van der Waals surface area contributed by atoms with Crippen molar-refractivity contribution in [1.82, 2.24) is 15.1 Å². The van der Waals surface area contributed by atoms with E-state index in [1.807, 2.05) is 0 Å². The van der Waals surface area contributed by atoms with Crippen LogP contribution in [0.3, 0.4) is 0 Å². The third-order valence-electron chi connectivity index (χ3n) is 7.64. The molecule has 1 aliphatic heterocycles. The molecule has 5 fully saturated rings. The molecule has 0 aromatic heterocycles. The standard InChI is InChI=1S/C21H35N3O4S/c1-29(27,28)7-6-23-2-4-24(5-3-23)20(26)15-22-19(25)14-21-11-16-8-17(12-21)10-18(9-16)13-21/h16-18H,2-15H2,1H3,(H,22,25). The van der Waals surface area contributed by atoms with Gasteiger partial charge in [-0.25, -0.2) is 8.42 Å². The van der Waals surface area contributed by atoms with Crippen LogP contribution in [0, 0.1) is 23.2 Å². The van der Waals surface area contributed by atoms with Crippen molar-refractivity contribution in [2.24, 2.45) is 23.2 Å². The van der Waals surface area contributed by atoms with Gasteiger partial charge in [0, 0.05) is 45.4 Å². The summed E-state index contributed by atoms with van der Waals surface area (Å²) < 4.78 is 22.6. The second-order valence-corrected chi connectivity index (χ2v) is 12.5. The Bertz CT molecular complexity index is 708. The van der Waals surface area contributed by atoms with Crippen LogP contribution in [0.2, 0.25) is 0 Å². The first-order chi connectivity index (χ1) is 13.7. The second kappa shape index (κ2) is 8.17. The van der Waals surface area contributed by atoms with Gasteiger partial charge < -0.3 is 10.2 Å². The summed E-state index contributed by atoms with van der Waals surface area (Å²) in [6, 6.07) is 0. The van der Waals surface area contributed by atoms with Gasteiger partial charge in [-0.15, -0.1) is 0 Å². The smallest absolute Gasteiger partial charge is 0.242 e. The van der Waals surface area contributed by atoms with E-state index in [9.17, 15) is 18.0 Å². The van der Waals surface area contributed by atoms with Crippen LogP contribution in [0.5, 0.6) is 0 Å². The maximum absolute atomic E-state index is 12.6. The van der Waals surface area contributed by atoms with Crippen LogP contribution < -0.4 is 5.32 Å². The molecule has 7 nitrogen and oxygen atoms in total. The molecule has 1 N–H and O–H groups in total. The van der Waals surface area contributed by atoms with Gasteiger partial charge in [0.25, 0.3) is 0 Å². The van der Waals surface area contributed by atoms with Crippen LogP contribution in [0.4, 0.5) is 0 Å². The first-order valence-corrected chi connectivity index (χ1v) is 13.2. The van der Waals surface area contributed by atoms with Crippen molar-refractivity contribution in [2.75, 3.05) is 51.3 Å². The lowest BCUT2D eigenvalue weighted by molar-refractivity contribution is -0.136. The fourth-order valence-corrected chi connectivity index (χ4v) is 7.30. The van der Waals surface area contributed by atoms with Gasteiger partial charge >= 0.3 is 0 Å². The number of rotatable bonds is 7. The number of amides is 2. The third kappa shape index (κ3) is 5.32. The van der Waals surface area contributed by atoms with Crippen LogP contribution in [0.15, 0.2) is 0 Å². The zero-order chi connectivity index (χ0) is 20.6. The number of carbonyl (C=O) groups excluding carboxylic acids is 2. The predicted octanol–water partition coefficient (Wildman–Crippen LogP) is 0.898. The van der Waals surface area contributed by atoms with E-state index in [1.165, 1.54) is 44.8 Å². The second-order valence-electron chi connectivity index (χ2n) is 10.2. The molecule has 29 heavy (non-hydrogen) atoms. The molecule has 5 aliphatic rings. The van der Waals surface area contributed by atoms with E-state index in [0.29, 0.717) is 39.1 Å². The van der Waals surface area contributed by atoms with E-state index in [0.717, 1.165) is 17.8 Å². The summed E-state index contributed by atoms with van der Waals surface area (Å²) in [6.45, 7) is 3.14. The van der Waals surface area contributed by atoms with E-state index < -0.39 is 9.84 Å². The molecule has 2 amide bonds. The Morgan fingerprint density at radius 3 is 2.03 bits per heavy atom. The molecule has 0 radical (unpaired) electrons. The average Bonchev–Trinajstić information content (AvgIpc) is 2.63. The molecule has 1 saturated heterocycles. The normalized spacial score (nSPS) is 34.4. The highest BCUT2D eigenvalue weighted by molar-refractivity contribution is 7.90. The first kappa shape index (κ1) is 21.1. The molecule has 0 aromatic carbocycles. The van der Waals surface area contributed by atoms with E-state index in [4.69, 9.17) is 0 Å². The average molecular weight is 426 g/mol. The van der Waals surface area contributed by atoms with Crippen molar-refractivity contribution in [3.8, 4) is 0 Å². The van der Waals surface area contributed by atoms with Gasteiger partial charge in [-0.2, -0.15) is 0 Å². The third-order valence-corrected chi connectivity index (χ3v) is 8.56. The Balaban J connectivity index is 1.18. The zero-order valence-electron chi connectivity index (χ0n) is 17.6. The van der Waals surface area contributed by atoms with Crippen molar-refractivity contribution in [3.63, 3.8) is 0 Å². The van der Waals surface area contributed by atoms with Gasteiger partial charge in [-0.05, 0) is 61.7 Å². The van der Waals surface area contributed by atoms with E-state index in [2.05, 4.69) is 10.2 Å². The molecule has 0 atom stereocenters. The molecule has 0 aromatic rings. The van der Waals surface area contributed by atoms with Gasteiger partial charge in [-0.1, -0.05) is 0 Å². The molecule has 1 heterocycles. The summed E-state index contributed by atoms with van der Waals surface area (Å²) in [5.74, 6) is 2.64. The Hall–Kier alpha value is -1.15. The SMILES string of the molecule is CS(=O)(=O)CCN1CCN(C(=O)CNC(=O)CC23CC4CC(CC(C4)C2)C3)CC1. The molecule has 0 unspecified atom stereocenters. The van der Waals surface area contributed by atoms with Crippen LogP contribution in [0.25, 0.3) is 0 Å². The summed E-state index contributed by atoms with van der Waals surface area (Å²) in [7, 11) is -2.96. The summed E-state index contributed by atoms with van der Waals surface area (Å²) in [5, 5.41) is 2.89. The maximum Gasteiger partial charge on any atom is 0.242 e. The monoisotopic (exact) mass is 425 g/mol. The zero-order valence-corrected chi connectivity index (χ0v) is 18.4. The van der Waals surface area contributed by atoms with Gasteiger partial charge in [0.15, 0.2) is 0 Å². The van der Waals surface area contributed by atoms with Crippen LogP contribution >= 0.6 is 0 Å².